The van der Waals surface area contributed by atoms with Gasteiger partial charge in [-0.15, -0.1) is 0 Å². The third kappa shape index (κ3) is 2.87. The molecule has 0 spiro atoms. The lowest BCUT2D eigenvalue weighted by molar-refractivity contribution is 0.766. The van der Waals surface area contributed by atoms with E-state index in [4.69, 9.17) is 11.1 Å². The van der Waals surface area contributed by atoms with Gasteiger partial charge in [-0.25, -0.2) is 15.8 Å². The quantitative estimate of drug-likeness (QED) is 0.579. The molecular formula is C12H18N6. The molecule has 0 amide bonds. The summed E-state index contributed by atoms with van der Waals surface area (Å²) in [5.74, 6) is 7.68. The summed E-state index contributed by atoms with van der Waals surface area (Å²) in [4.78, 5) is 11.0. The van der Waals surface area contributed by atoms with Crippen LogP contribution in [-0.2, 0) is 6.42 Å². The average molecular weight is 246 g/mol. The lowest BCUT2D eigenvalue weighted by atomic mass is 10.3. The van der Waals surface area contributed by atoms with Crippen molar-refractivity contribution in [1.82, 2.24) is 9.97 Å². The summed E-state index contributed by atoms with van der Waals surface area (Å²) in [6.07, 6.45) is 3.61. The van der Waals surface area contributed by atoms with Gasteiger partial charge in [-0.2, -0.15) is 5.26 Å². The van der Waals surface area contributed by atoms with Crippen molar-refractivity contribution in [2.45, 2.75) is 38.6 Å². The first-order valence-corrected chi connectivity index (χ1v) is 6.26. The second-order valence-electron chi connectivity index (χ2n) is 4.36. The zero-order chi connectivity index (χ0) is 13.0. The minimum Gasteiger partial charge on any atom is -0.352 e. The Morgan fingerprint density at radius 3 is 2.89 bits per heavy atom. The number of hydrazine groups is 1. The van der Waals surface area contributed by atoms with Crippen molar-refractivity contribution in [3.8, 4) is 6.07 Å². The Hall–Kier alpha value is -1.87. The van der Waals surface area contributed by atoms with Gasteiger partial charge in [-0.3, -0.25) is 0 Å². The zero-order valence-corrected chi connectivity index (χ0v) is 10.6. The lowest BCUT2D eigenvalue weighted by Crippen LogP contribution is -2.28. The normalized spacial score (nSPS) is 14.1. The number of nitrogen functional groups attached to an aromatic ring is 1. The molecule has 0 radical (unpaired) electrons. The number of hydrogen-bond acceptors (Lipinski definition) is 6. The predicted octanol–water partition coefficient (Wildman–Crippen LogP) is 1.21. The van der Waals surface area contributed by atoms with E-state index >= 15 is 0 Å². The van der Waals surface area contributed by atoms with E-state index < -0.39 is 0 Å². The molecule has 6 heteroatoms. The van der Waals surface area contributed by atoms with Crippen molar-refractivity contribution >= 4 is 11.6 Å². The largest absolute Gasteiger partial charge is 0.352 e. The fraction of sp³-hybridized carbons (Fsp3) is 0.583. The van der Waals surface area contributed by atoms with Crippen molar-refractivity contribution in [1.29, 1.82) is 5.26 Å². The molecular weight excluding hydrogens is 228 g/mol. The van der Waals surface area contributed by atoms with Gasteiger partial charge in [0.15, 0.2) is 0 Å². The van der Waals surface area contributed by atoms with Gasteiger partial charge in [0, 0.05) is 25.1 Å². The number of nitrogens with zero attached hydrogens (tertiary/aromatic N) is 4. The molecule has 0 atom stereocenters. The van der Waals surface area contributed by atoms with Gasteiger partial charge in [0.2, 0.25) is 0 Å². The fourth-order valence-corrected chi connectivity index (χ4v) is 1.90. The monoisotopic (exact) mass is 246 g/mol. The van der Waals surface area contributed by atoms with Crippen LogP contribution in [0.5, 0.6) is 0 Å². The number of nitrogens with one attached hydrogen (secondary N) is 1. The van der Waals surface area contributed by atoms with Crippen molar-refractivity contribution in [3.63, 3.8) is 0 Å². The second-order valence-corrected chi connectivity index (χ2v) is 4.36. The van der Waals surface area contributed by atoms with Crippen LogP contribution < -0.4 is 16.2 Å². The molecule has 0 saturated heterocycles. The van der Waals surface area contributed by atoms with Gasteiger partial charge in [-0.1, -0.05) is 6.92 Å². The first kappa shape index (κ1) is 12.6. The molecule has 0 aliphatic heterocycles. The number of anilines is 2. The number of nitriles is 1. The van der Waals surface area contributed by atoms with Crippen LogP contribution in [0.3, 0.4) is 0 Å². The summed E-state index contributed by atoms with van der Waals surface area (Å²) in [6.45, 7) is 2.72. The van der Waals surface area contributed by atoms with E-state index in [2.05, 4.69) is 26.4 Å². The molecule has 1 aliphatic rings. The molecule has 1 aliphatic carbocycles. The first-order valence-electron chi connectivity index (χ1n) is 6.26. The van der Waals surface area contributed by atoms with Crippen LogP contribution in [0.2, 0.25) is 0 Å². The van der Waals surface area contributed by atoms with Crippen LogP contribution in [0.4, 0.5) is 11.6 Å². The van der Waals surface area contributed by atoms with Crippen molar-refractivity contribution in [2.75, 3.05) is 16.9 Å². The molecule has 3 N–H and O–H groups in total. The van der Waals surface area contributed by atoms with E-state index in [0.717, 1.165) is 18.1 Å². The maximum absolute atomic E-state index is 8.72. The third-order valence-electron chi connectivity index (χ3n) is 2.97. The molecule has 1 fully saturated rings. The van der Waals surface area contributed by atoms with Gasteiger partial charge in [0.05, 0.1) is 12.5 Å². The summed E-state index contributed by atoms with van der Waals surface area (Å²) < 4.78 is 0. The molecule has 0 aromatic carbocycles. The first-order chi connectivity index (χ1) is 8.78. The third-order valence-corrected chi connectivity index (χ3v) is 2.97. The topological polar surface area (TPSA) is 90.9 Å². The van der Waals surface area contributed by atoms with E-state index in [1.807, 2.05) is 13.0 Å². The molecule has 2 rings (SSSR count). The SMILES string of the molecule is CCc1nc(NN)cc(N(CCC#N)C2CC2)n1. The summed E-state index contributed by atoms with van der Waals surface area (Å²) in [5.41, 5.74) is 2.57. The zero-order valence-electron chi connectivity index (χ0n) is 10.6. The highest BCUT2D eigenvalue weighted by molar-refractivity contribution is 5.50. The minimum absolute atomic E-state index is 0.507. The average Bonchev–Trinajstić information content (AvgIpc) is 3.23. The van der Waals surface area contributed by atoms with E-state index in [1.165, 1.54) is 12.8 Å². The smallest absolute Gasteiger partial charge is 0.145 e. The predicted molar refractivity (Wildman–Crippen MR) is 69.8 cm³/mol. The van der Waals surface area contributed by atoms with E-state index in [-0.39, 0.29) is 0 Å². The van der Waals surface area contributed by atoms with Gasteiger partial charge in [0.1, 0.15) is 17.5 Å². The molecule has 0 bridgehead atoms. The summed E-state index contributed by atoms with van der Waals surface area (Å²) in [7, 11) is 0. The van der Waals surface area contributed by atoms with Crippen LogP contribution in [0.1, 0.15) is 32.0 Å². The maximum Gasteiger partial charge on any atom is 0.145 e. The highest BCUT2D eigenvalue weighted by Gasteiger charge is 2.30. The van der Waals surface area contributed by atoms with Crippen LogP contribution in [0.25, 0.3) is 0 Å². The van der Waals surface area contributed by atoms with Gasteiger partial charge < -0.3 is 10.3 Å². The van der Waals surface area contributed by atoms with Gasteiger partial charge in [-0.05, 0) is 12.8 Å². The van der Waals surface area contributed by atoms with Gasteiger partial charge >= 0.3 is 0 Å². The van der Waals surface area contributed by atoms with Crippen molar-refractivity contribution in [2.24, 2.45) is 5.84 Å². The highest BCUT2D eigenvalue weighted by atomic mass is 15.3. The highest BCUT2D eigenvalue weighted by Crippen LogP contribution is 2.31. The van der Waals surface area contributed by atoms with Crippen LogP contribution in [-0.4, -0.2) is 22.6 Å². The standard InChI is InChI=1S/C12H18N6/c1-2-10-15-11(17-14)8-12(16-10)18(7-3-6-13)9-4-5-9/h8-9H,2-5,7,14H2,1H3,(H,15,16,17). The molecule has 6 nitrogen and oxygen atoms in total. The number of aryl methyl sites for hydroxylation is 1. The number of rotatable bonds is 6. The Morgan fingerprint density at radius 1 is 1.56 bits per heavy atom. The minimum atomic E-state index is 0.507. The molecule has 1 heterocycles. The molecule has 0 unspecified atom stereocenters. The Bertz CT molecular complexity index is 426. The van der Waals surface area contributed by atoms with Crippen molar-refractivity contribution in [3.05, 3.63) is 11.9 Å². The van der Waals surface area contributed by atoms with E-state index in [0.29, 0.717) is 24.8 Å². The van der Waals surface area contributed by atoms with Crippen LogP contribution >= 0.6 is 0 Å². The Balaban J connectivity index is 2.25. The number of nitrogens with two attached hydrogens (primary N) is 1. The Labute approximate surface area is 107 Å². The molecule has 1 aromatic rings. The van der Waals surface area contributed by atoms with Crippen LogP contribution in [0, 0.1) is 11.3 Å². The van der Waals surface area contributed by atoms with Crippen molar-refractivity contribution < 1.29 is 0 Å². The van der Waals surface area contributed by atoms with Gasteiger partial charge in [0.25, 0.3) is 0 Å². The number of hydrogen-bond donors (Lipinski definition) is 2. The van der Waals surface area contributed by atoms with Crippen LogP contribution in [0.15, 0.2) is 6.07 Å². The number of aromatic nitrogens is 2. The maximum atomic E-state index is 8.72. The molecule has 96 valence electrons. The Kier molecular flexibility index (Phi) is 3.95. The second kappa shape index (κ2) is 5.65. The lowest BCUT2D eigenvalue weighted by Gasteiger charge is -2.23. The molecule has 18 heavy (non-hydrogen) atoms. The molecule has 1 saturated carbocycles. The van der Waals surface area contributed by atoms with E-state index in [1.54, 1.807) is 0 Å². The summed E-state index contributed by atoms with van der Waals surface area (Å²) in [5, 5.41) is 8.72. The van der Waals surface area contributed by atoms with E-state index in [9.17, 15) is 0 Å². The summed E-state index contributed by atoms with van der Waals surface area (Å²) in [6, 6.07) is 4.54. The Morgan fingerprint density at radius 2 is 2.33 bits per heavy atom. The fourth-order valence-electron chi connectivity index (χ4n) is 1.90. The summed E-state index contributed by atoms with van der Waals surface area (Å²) >= 11 is 0. The molecule has 1 aromatic heterocycles.